The number of nitrogens with zero attached hydrogens (tertiary/aromatic N) is 1. The Bertz CT molecular complexity index is 605. The summed E-state index contributed by atoms with van der Waals surface area (Å²) in [5, 5.41) is 19.0. The lowest BCUT2D eigenvalue weighted by Gasteiger charge is -2.26. The van der Waals surface area contributed by atoms with Gasteiger partial charge in [-0.2, -0.15) is 0 Å². The fourth-order valence-corrected chi connectivity index (χ4v) is 6.81. The number of hydrogen-bond donors (Lipinski definition) is 2. The Morgan fingerprint density at radius 2 is 0.681 bits per heavy atom. The van der Waals surface area contributed by atoms with Gasteiger partial charge in [0.2, 0.25) is 0 Å². The highest BCUT2D eigenvalue weighted by molar-refractivity contribution is 8.93. The van der Waals surface area contributed by atoms with Crippen molar-refractivity contribution in [1.29, 1.82) is 0 Å². The Hall–Kier alpha value is -0.160. The van der Waals surface area contributed by atoms with Crippen LogP contribution in [0.15, 0.2) is 24.3 Å². The Morgan fingerprint density at radius 3 is 0.979 bits per heavy atom. The van der Waals surface area contributed by atoms with Crippen LogP contribution in [0.3, 0.4) is 0 Å². The molecule has 0 aromatic rings. The summed E-state index contributed by atoms with van der Waals surface area (Å²) in [5.74, 6) is 0.706. The smallest absolute Gasteiger partial charge is 0.0558 e. The fourth-order valence-electron chi connectivity index (χ4n) is 6.81. The number of hydrogen-bond acceptors (Lipinski definition) is 3. The lowest BCUT2D eigenvalue weighted by molar-refractivity contribution is 0.138. The molecule has 0 rings (SSSR count). The number of unbranched alkanes of at least 4 members (excludes halogenated alkanes) is 25. The van der Waals surface area contributed by atoms with E-state index in [1.165, 1.54) is 199 Å². The van der Waals surface area contributed by atoms with E-state index in [0.29, 0.717) is 19.0 Å². The molecule has 0 fully saturated rings. The van der Waals surface area contributed by atoms with E-state index in [9.17, 15) is 10.2 Å². The lowest BCUT2D eigenvalue weighted by atomic mass is 9.93. The topological polar surface area (TPSA) is 43.7 Å². The summed E-state index contributed by atoms with van der Waals surface area (Å²) < 4.78 is 0. The summed E-state index contributed by atoms with van der Waals surface area (Å²) in [6.45, 7) is 7.39. The van der Waals surface area contributed by atoms with Crippen molar-refractivity contribution in [2.75, 3.05) is 32.8 Å². The molecule has 282 valence electrons. The molecule has 1 atom stereocenters. The third kappa shape index (κ3) is 40.2. The Labute approximate surface area is 307 Å². The zero-order valence-corrected chi connectivity index (χ0v) is 33.8. The highest BCUT2D eigenvalue weighted by atomic mass is 79.9. The fraction of sp³-hybridized carbons (Fsp3) is 0.907. The summed E-state index contributed by atoms with van der Waals surface area (Å²) in [6, 6.07) is 0. The first-order valence-corrected chi connectivity index (χ1v) is 21.0. The van der Waals surface area contributed by atoms with Crippen molar-refractivity contribution in [3.8, 4) is 0 Å². The van der Waals surface area contributed by atoms with Crippen LogP contribution in [0.4, 0.5) is 0 Å². The molecule has 0 aliphatic heterocycles. The van der Waals surface area contributed by atoms with Crippen LogP contribution in [0.2, 0.25) is 0 Å². The van der Waals surface area contributed by atoms with Gasteiger partial charge in [-0.25, -0.2) is 0 Å². The highest BCUT2D eigenvalue weighted by Crippen LogP contribution is 2.21. The molecule has 0 aliphatic carbocycles. The van der Waals surface area contributed by atoms with Gasteiger partial charge < -0.3 is 10.2 Å². The second-order valence-corrected chi connectivity index (χ2v) is 14.4. The SMILES string of the molecule is Br.CCCCCCCC/C=C\CCCCCCCCCC(CCCCCCCC/C=C\CCCCCCCC)CN(CCO)CCO. The second kappa shape index (κ2) is 43.9. The van der Waals surface area contributed by atoms with Crippen LogP contribution in [0, 0.1) is 5.92 Å². The molecule has 0 bridgehead atoms. The maximum atomic E-state index is 9.50. The molecular formula is C43H86BrNO2. The third-order valence-electron chi connectivity index (χ3n) is 9.85. The molecule has 0 heterocycles. The molecule has 0 spiro atoms. The molecule has 0 radical (unpaired) electrons. The van der Waals surface area contributed by atoms with Gasteiger partial charge in [0, 0.05) is 19.6 Å². The number of rotatable bonds is 39. The van der Waals surface area contributed by atoms with E-state index in [1.807, 2.05) is 0 Å². The maximum Gasteiger partial charge on any atom is 0.0558 e. The van der Waals surface area contributed by atoms with Crippen LogP contribution in [0.1, 0.15) is 213 Å². The van der Waals surface area contributed by atoms with Crippen molar-refractivity contribution in [1.82, 2.24) is 4.90 Å². The third-order valence-corrected chi connectivity index (χ3v) is 9.85. The quantitative estimate of drug-likeness (QED) is 0.0489. The van der Waals surface area contributed by atoms with Crippen LogP contribution in [-0.2, 0) is 0 Å². The standard InChI is InChI=1S/C43H85NO2.BrH/c1-3-5-7-9-11-13-15-17-19-21-23-25-27-29-31-33-35-37-43(42-44(38-40-45)39-41-46)36-34-32-30-28-26-24-22-20-18-16-14-12-10-8-6-4-2;/h17-20,43,45-46H,3-16,21-42H2,1-2H3;1H/b19-17-,20-18-;. The monoisotopic (exact) mass is 728 g/mol. The summed E-state index contributed by atoms with van der Waals surface area (Å²) in [5.41, 5.74) is 0. The van der Waals surface area contributed by atoms with Crippen molar-refractivity contribution in [3.63, 3.8) is 0 Å². The van der Waals surface area contributed by atoms with Gasteiger partial charge in [-0.15, -0.1) is 17.0 Å². The van der Waals surface area contributed by atoms with Crippen LogP contribution in [-0.4, -0.2) is 48.0 Å². The zero-order chi connectivity index (χ0) is 33.4. The molecule has 0 aliphatic rings. The first-order chi connectivity index (χ1) is 22.8. The minimum absolute atomic E-state index is 0. The first-order valence-electron chi connectivity index (χ1n) is 21.0. The van der Waals surface area contributed by atoms with Gasteiger partial charge in [0.25, 0.3) is 0 Å². The molecule has 1 unspecified atom stereocenters. The molecule has 4 heteroatoms. The number of aliphatic hydroxyl groups is 2. The minimum Gasteiger partial charge on any atom is -0.395 e. The average Bonchev–Trinajstić information content (AvgIpc) is 3.06. The molecule has 0 saturated heterocycles. The zero-order valence-electron chi connectivity index (χ0n) is 32.1. The van der Waals surface area contributed by atoms with Crippen molar-refractivity contribution in [3.05, 3.63) is 24.3 Å². The average molecular weight is 729 g/mol. The summed E-state index contributed by atoms with van der Waals surface area (Å²) in [7, 11) is 0. The highest BCUT2D eigenvalue weighted by Gasteiger charge is 2.14. The van der Waals surface area contributed by atoms with E-state index in [-0.39, 0.29) is 30.2 Å². The number of allylic oxidation sites excluding steroid dienone is 4. The Morgan fingerprint density at radius 1 is 0.404 bits per heavy atom. The summed E-state index contributed by atoms with van der Waals surface area (Å²) >= 11 is 0. The van der Waals surface area contributed by atoms with Crippen LogP contribution >= 0.6 is 17.0 Å². The van der Waals surface area contributed by atoms with Crippen molar-refractivity contribution in [2.45, 2.75) is 213 Å². The number of aliphatic hydroxyl groups excluding tert-OH is 2. The van der Waals surface area contributed by atoms with Gasteiger partial charge in [0.05, 0.1) is 13.2 Å². The van der Waals surface area contributed by atoms with Crippen molar-refractivity contribution in [2.24, 2.45) is 5.92 Å². The predicted octanol–water partition coefficient (Wildman–Crippen LogP) is 13.7. The maximum absolute atomic E-state index is 9.50. The van der Waals surface area contributed by atoms with E-state index >= 15 is 0 Å². The van der Waals surface area contributed by atoms with E-state index in [1.54, 1.807) is 0 Å². The van der Waals surface area contributed by atoms with E-state index < -0.39 is 0 Å². The Kier molecular flexibility index (Phi) is 45.7. The van der Waals surface area contributed by atoms with Gasteiger partial charge in [-0.1, -0.05) is 173 Å². The molecule has 0 aromatic heterocycles. The van der Waals surface area contributed by atoms with Gasteiger partial charge in [0.1, 0.15) is 0 Å². The van der Waals surface area contributed by atoms with E-state index in [4.69, 9.17) is 0 Å². The largest absolute Gasteiger partial charge is 0.395 e. The Balaban J connectivity index is 0. The van der Waals surface area contributed by atoms with E-state index in [0.717, 1.165) is 6.54 Å². The molecular weight excluding hydrogens is 642 g/mol. The molecule has 0 amide bonds. The predicted molar refractivity (Wildman–Crippen MR) is 217 cm³/mol. The van der Waals surface area contributed by atoms with Crippen LogP contribution in [0.25, 0.3) is 0 Å². The minimum atomic E-state index is 0. The van der Waals surface area contributed by atoms with Crippen LogP contribution < -0.4 is 0 Å². The summed E-state index contributed by atoms with van der Waals surface area (Å²) in [6.07, 6.45) is 52.0. The normalized spacial score (nSPS) is 12.5. The van der Waals surface area contributed by atoms with Gasteiger partial charge >= 0.3 is 0 Å². The summed E-state index contributed by atoms with van der Waals surface area (Å²) in [4.78, 5) is 2.28. The van der Waals surface area contributed by atoms with E-state index in [2.05, 4.69) is 43.1 Å². The molecule has 47 heavy (non-hydrogen) atoms. The first kappa shape index (κ1) is 49.0. The molecule has 2 N–H and O–H groups in total. The van der Waals surface area contributed by atoms with Crippen molar-refractivity contribution < 1.29 is 10.2 Å². The van der Waals surface area contributed by atoms with Crippen LogP contribution in [0.5, 0.6) is 0 Å². The van der Waals surface area contributed by atoms with Gasteiger partial charge in [-0.05, 0) is 70.1 Å². The second-order valence-electron chi connectivity index (χ2n) is 14.4. The molecule has 0 aromatic carbocycles. The van der Waals surface area contributed by atoms with Gasteiger partial charge in [0.15, 0.2) is 0 Å². The molecule has 3 nitrogen and oxygen atoms in total. The van der Waals surface area contributed by atoms with Gasteiger partial charge in [-0.3, -0.25) is 4.90 Å². The van der Waals surface area contributed by atoms with Crippen molar-refractivity contribution >= 4 is 17.0 Å². The number of halogens is 1. The molecule has 0 saturated carbocycles. The lowest BCUT2D eigenvalue weighted by Crippen LogP contribution is -2.34.